The number of anilines is 1. The highest BCUT2D eigenvalue weighted by Crippen LogP contribution is 2.00. The van der Waals surface area contributed by atoms with Gasteiger partial charge in [-0.2, -0.15) is 0 Å². The maximum absolute atomic E-state index is 10.9. The molecule has 0 aliphatic carbocycles. The smallest absolute Gasteiger partial charge is 0.328 e. The fraction of sp³-hybridized carbons (Fsp3) is 0. The van der Waals surface area contributed by atoms with Gasteiger partial charge in [0.2, 0.25) is 5.91 Å². The van der Waals surface area contributed by atoms with Gasteiger partial charge in [0, 0.05) is 18.2 Å². The first-order valence-corrected chi connectivity index (χ1v) is 3.31. The summed E-state index contributed by atoms with van der Waals surface area (Å²) < 4.78 is 4.44. The predicted molar refractivity (Wildman–Crippen MR) is 41.9 cm³/mol. The summed E-state index contributed by atoms with van der Waals surface area (Å²) in [5.41, 5.74) is 0. The number of nitrogens with one attached hydrogen (secondary N) is 1. The molecule has 0 spiro atoms. The molecular formula is C7H6N2O4. The number of carbonyl (C=O) groups is 2. The first-order chi connectivity index (χ1) is 6.18. The standard InChI is InChI=1S/C7H6N2O4/c10-6(1-2-7(11)12)8-5-3-4-13-9-5/h1-4H,(H,11,12)(H,8,9,10)/b2-1+. The number of aliphatic carboxylic acids is 1. The third-order valence-electron chi connectivity index (χ3n) is 1.07. The Morgan fingerprint density at radius 3 is 2.85 bits per heavy atom. The van der Waals surface area contributed by atoms with Crippen molar-refractivity contribution in [3.8, 4) is 0 Å². The van der Waals surface area contributed by atoms with Gasteiger partial charge < -0.3 is 14.9 Å². The van der Waals surface area contributed by atoms with Crippen LogP contribution in [-0.4, -0.2) is 22.1 Å². The number of nitrogens with zero attached hydrogens (tertiary/aromatic N) is 1. The van der Waals surface area contributed by atoms with Gasteiger partial charge in [-0.1, -0.05) is 5.16 Å². The topological polar surface area (TPSA) is 92.4 Å². The van der Waals surface area contributed by atoms with E-state index in [-0.39, 0.29) is 5.82 Å². The number of carbonyl (C=O) groups excluding carboxylic acids is 1. The van der Waals surface area contributed by atoms with Gasteiger partial charge in [0.25, 0.3) is 0 Å². The Morgan fingerprint density at radius 1 is 1.54 bits per heavy atom. The molecule has 0 saturated heterocycles. The molecule has 0 aliphatic rings. The minimum absolute atomic E-state index is 0.236. The molecule has 1 heterocycles. The van der Waals surface area contributed by atoms with Crippen LogP contribution in [0, 0.1) is 0 Å². The molecule has 6 nitrogen and oxygen atoms in total. The average Bonchev–Trinajstić information content (AvgIpc) is 2.53. The molecule has 2 N–H and O–H groups in total. The molecule has 0 unspecified atom stereocenters. The Morgan fingerprint density at radius 2 is 2.31 bits per heavy atom. The fourth-order valence-corrected chi connectivity index (χ4v) is 0.592. The summed E-state index contributed by atoms with van der Waals surface area (Å²) in [6.07, 6.45) is 2.91. The van der Waals surface area contributed by atoms with Crippen molar-refractivity contribution < 1.29 is 19.2 Å². The highest BCUT2D eigenvalue weighted by Gasteiger charge is 2.00. The molecule has 0 fully saturated rings. The largest absolute Gasteiger partial charge is 0.478 e. The number of carboxylic acids is 1. The van der Waals surface area contributed by atoms with Gasteiger partial charge >= 0.3 is 5.97 Å². The van der Waals surface area contributed by atoms with Gasteiger partial charge in [0.1, 0.15) is 6.26 Å². The van der Waals surface area contributed by atoms with Crippen molar-refractivity contribution in [1.82, 2.24) is 5.16 Å². The second-order valence-corrected chi connectivity index (χ2v) is 2.05. The predicted octanol–water partition coefficient (Wildman–Crippen LogP) is 0.254. The van der Waals surface area contributed by atoms with E-state index in [1.807, 2.05) is 0 Å². The number of rotatable bonds is 3. The number of aromatic nitrogens is 1. The van der Waals surface area contributed by atoms with Gasteiger partial charge in [-0.15, -0.1) is 0 Å². The van der Waals surface area contributed by atoms with Crippen LogP contribution in [0.4, 0.5) is 5.82 Å². The van der Waals surface area contributed by atoms with Crippen molar-refractivity contribution in [2.75, 3.05) is 5.32 Å². The molecule has 0 radical (unpaired) electrons. The van der Waals surface area contributed by atoms with Crippen molar-refractivity contribution in [2.45, 2.75) is 0 Å². The molecule has 1 aromatic heterocycles. The molecule has 68 valence electrons. The van der Waals surface area contributed by atoms with E-state index >= 15 is 0 Å². The maximum atomic E-state index is 10.9. The second-order valence-electron chi connectivity index (χ2n) is 2.05. The molecule has 0 aromatic carbocycles. The zero-order valence-electron chi connectivity index (χ0n) is 6.43. The van der Waals surface area contributed by atoms with Crippen LogP contribution in [0.5, 0.6) is 0 Å². The number of carboxylic acid groups (broad SMARTS) is 1. The molecule has 0 aliphatic heterocycles. The normalized spacial score (nSPS) is 10.2. The lowest BCUT2D eigenvalue weighted by molar-refractivity contribution is -0.131. The van der Waals surface area contributed by atoms with E-state index in [9.17, 15) is 9.59 Å². The van der Waals surface area contributed by atoms with Gasteiger partial charge in [0.05, 0.1) is 0 Å². The number of hydrogen-bond acceptors (Lipinski definition) is 4. The minimum atomic E-state index is -1.18. The van der Waals surface area contributed by atoms with Crippen molar-refractivity contribution in [3.63, 3.8) is 0 Å². The van der Waals surface area contributed by atoms with E-state index in [1.54, 1.807) is 0 Å². The number of amides is 1. The quantitative estimate of drug-likeness (QED) is 0.654. The van der Waals surface area contributed by atoms with E-state index in [2.05, 4.69) is 15.0 Å². The molecule has 1 amide bonds. The van der Waals surface area contributed by atoms with E-state index in [4.69, 9.17) is 5.11 Å². The Bertz CT molecular complexity index is 328. The first kappa shape index (κ1) is 8.98. The molecule has 0 saturated carbocycles. The van der Waals surface area contributed by atoms with E-state index in [0.717, 1.165) is 12.2 Å². The summed E-state index contributed by atoms with van der Waals surface area (Å²) in [5, 5.41) is 13.9. The second kappa shape index (κ2) is 4.05. The molecule has 6 heteroatoms. The molecular weight excluding hydrogens is 176 g/mol. The Labute approximate surface area is 72.8 Å². The summed E-state index contributed by atoms with van der Waals surface area (Å²) in [6.45, 7) is 0. The van der Waals surface area contributed by atoms with Crippen LogP contribution in [0.1, 0.15) is 0 Å². The van der Waals surface area contributed by atoms with E-state index in [1.165, 1.54) is 12.3 Å². The summed E-state index contributed by atoms with van der Waals surface area (Å²) >= 11 is 0. The summed E-state index contributed by atoms with van der Waals surface area (Å²) in [6, 6.07) is 1.44. The van der Waals surface area contributed by atoms with Crippen LogP contribution in [0.3, 0.4) is 0 Å². The van der Waals surface area contributed by atoms with Crippen LogP contribution in [0.15, 0.2) is 29.0 Å². The average molecular weight is 182 g/mol. The van der Waals surface area contributed by atoms with Crippen LogP contribution in [0.25, 0.3) is 0 Å². The summed E-state index contributed by atoms with van der Waals surface area (Å²) in [7, 11) is 0. The molecule has 0 bridgehead atoms. The highest BCUT2D eigenvalue weighted by molar-refractivity contribution is 6.01. The Balaban J connectivity index is 2.47. The zero-order valence-corrected chi connectivity index (χ0v) is 6.43. The third-order valence-corrected chi connectivity index (χ3v) is 1.07. The van der Waals surface area contributed by atoms with Crippen molar-refractivity contribution in [1.29, 1.82) is 0 Å². The van der Waals surface area contributed by atoms with Gasteiger partial charge in [-0.05, 0) is 0 Å². The number of hydrogen-bond donors (Lipinski definition) is 2. The summed E-state index contributed by atoms with van der Waals surface area (Å²) in [4.78, 5) is 20.9. The van der Waals surface area contributed by atoms with Crippen LogP contribution < -0.4 is 5.32 Å². The summed E-state index contributed by atoms with van der Waals surface area (Å²) in [5.74, 6) is -1.52. The molecule has 0 atom stereocenters. The van der Waals surface area contributed by atoms with Crippen LogP contribution in [0.2, 0.25) is 0 Å². The van der Waals surface area contributed by atoms with Crippen molar-refractivity contribution >= 4 is 17.7 Å². The molecule has 1 aromatic rings. The van der Waals surface area contributed by atoms with Gasteiger partial charge in [-0.3, -0.25) is 4.79 Å². The highest BCUT2D eigenvalue weighted by atomic mass is 16.5. The van der Waals surface area contributed by atoms with Crippen LogP contribution >= 0.6 is 0 Å². The third kappa shape index (κ3) is 3.19. The lowest BCUT2D eigenvalue weighted by Crippen LogP contribution is -2.08. The molecule has 1 rings (SSSR count). The zero-order chi connectivity index (χ0) is 9.68. The maximum Gasteiger partial charge on any atom is 0.328 e. The Kier molecular flexibility index (Phi) is 2.80. The fourth-order valence-electron chi connectivity index (χ4n) is 0.592. The van der Waals surface area contributed by atoms with Gasteiger partial charge in [-0.25, -0.2) is 4.79 Å². The molecule has 13 heavy (non-hydrogen) atoms. The SMILES string of the molecule is O=C(O)/C=C/C(=O)Nc1ccon1. The first-order valence-electron chi connectivity index (χ1n) is 3.31. The van der Waals surface area contributed by atoms with Crippen molar-refractivity contribution in [3.05, 3.63) is 24.5 Å². The van der Waals surface area contributed by atoms with Gasteiger partial charge in [0.15, 0.2) is 5.82 Å². The van der Waals surface area contributed by atoms with Crippen LogP contribution in [-0.2, 0) is 9.59 Å². The lowest BCUT2D eigenvalue weighted by atomic mass is 10.4. The van der Waals surface area contributed by atoms with Crippen molar-refractivity contribution in [2.24, 2.45) is 0 Å². The lowest BCUT2D eigenvalue weighted by Gasteiger charge is -1.92. The minimum Gasteiger partial charge on any atom is -0.478 e. The monoisotopic (exact) mass is 182 g/mol. The van der Waals surface area contributed by atoms with E-state index < -0.39 is 11.9 Å². The van der Waals surface area contributed by atoms with E-state index in [0.29, 0.717) is 0 Å². The Hall–Kier alpha value is -2.11.